The highest BCUT2D eigenvalue weighted by atomic mass is 16.2. The van der Waals surface area contributed by atoms with Gasteiger partial charge in [-0.3, -0.25) is 9.59 Å². The van der Waals surface area contributed by atoms with Crippen LogP contribution in [0.1, 0.15) is 37.4 Å². The molecule has 0 saturated carbocycles. The number of nitrogens with zero attached hydrogens (tertiary/aromatic N) is 1. The van der Waals surface area contributed by atoms with Crippen molar-refractivity contribution in [1.29, 1.82) is 0 Å². The van der Waals surface area contributed by atoms with Gasteiger partial charge in [0.05, 0.1) is 6.04 Å². The van der Waals surface area contributed by atoms with E-state index in [1.807, 2.05) is 68.4 Å². The number of benzene rings is 2. The van der Waals surface area contributed by atoms with Crippen molar-refractivity contribution >= 4 is 17.5 Å². The lowest BCUT2D eigenvalue weighted by Gasteiger charge is -2.23. The first kappa shape index (κ1) is 16.2. The lowest BCUT2D eigenvalue weighted by molar-refractivity contribution is -0.128. The minimum Gasteiger partial charge on any atom is -0.349 e. The number of amides is 2. The summed E-state index contributed by atoms with van der Waals surface area (Å²) in [5, 5.41) is 2.90. The highest BCUT2D eigenvalue weighted by Gasteiger charge is 2.31. The van der Waals surface area contributed by atoms with Crippen LogP contribution >= 0.6 is 0 Å². The van der Waals surface area contributed by atoms with Gasteiger partial charge in [0.1, 0.15) is 6.42 Å². The Morgan fingerprint density at radius 3 is 2.54 bits per heavy atom. The largest absolute Gasteiger partial charge is 0.349 e. The first-order chi connectivity index (χ1) is 11.6. The number of anilines is 1. The number of carbonyl (C=O) groups excluding carboxylic acids is 2. The lowest BCUT2D eigenvalue weighted by Crippen LogP contribution is -2.39. The van der Waals surface area contributed by atoms with Crippen molar-refractivity contribution in [2.45, 2.75) is 38.8 Å². The number of hydrogen-bond acceptors (Lipinski definition) is 2. The SMILES string of the molecule is CC(NC(=O)CC(=O)N1c2ccccc2CC1C)c1ccccc1. The van der Waals surface area contributed by atoms with E-state index >= 15 is 0 Å². The monoisotopic (exact) mass is 322 g/mol. The van der Waals surface area contributed by atoms with E-state index in [1.165, 1.54) is 0 Å². The van der Waals surface area contributed by atoms with Crippen molar-refractivity contribution in [3.8, 4) is 0 Å². The van der Waals surface area contributed by atoms with Gasteiger partial charge in [-0.15, -0.1) is 0 Å². The molecule has 2 amide bonds. The van der Waals surface area contributed by atoms with Crippen LogP contribution in [-0.4, -0.2) is 17.9 Å². The normalized spacial score (nSPS) is 17.2. The summed E-state index contributed by atoms with van der Waals surface area (Å²) in [6, 6.07) is 17.6. The fourth-order valence-corrected chi connectivity index (χ4v) is 3.29. The second kappa shape index (κ2) is 6.87. The van der Waals surface area contributed by atoms with Crippen LogP contribution in [0.2, 0.25) is 0 Å². The van der Waals surface area contributed by atoms with E-state index in [1.54, 1.807) is 4.90 Å². The molecule has 2 aromatic rings. The maximum Gasteiger partial charge on any atom is 0.236 e. The number of carbonyl (C=O) groups is 2. The third-order valence-electron chi connectivity index (χ3n) is 4.46. The van der Waals surface area contributed by atoms with Crippen molar-refractivity contribution in [3.05, 3.63) is 65.7 Å². The van der Waals surface area contributed by atoms with Gasteiger partial charge in [-0.05, 0) is 37.5 Å². The summed E-state index contributed by atoms with van der Waals surface area (Å²) < 4.78 is 0. The predicted octanol–water partition coefficient (Wildman–Crippen LogP) is 3.23. The molecule has 4 nitrogen and oxygen atoms in total. The number of rotatable bonds is 4. The molecule has 1 aliphatic heterocycles. The molecule has 24 heavy (non-hydrogen) atoms. The summed E-state index contributed by atoms with van der Waals surface area (Å²) >= 11 is 0. The molecule has 3 rings (SSSR count). The Morgan fingerprint density at radius 1 is 1.12 bits per heavy atom. The number of para-hydroxylation sites is 1. The standard InChI is InChI=1S/C20H22N2O2/c1-14-12-17-10-6-7-11-18(17)22(14)20(24)13-19(23)21-15(2)16-8-4-3-5-9-16/h3-11,14-15H,12-13H2,1-2H3,(H,21,23). The maximum atomic E-state index is 12.6. The van der Waals surface area contributed by atoms with Crippen LogP contribution < -0.4 is 10.2 Å². The van der Waals surface area contributed by atoms with Gasteiger partial charge >= 0.3 is 0 Å². The molecule has 2 unspecified atom stereocenters. The van der Waals surface area contributed by atoms with Crippen molar-refractivity contribution in [2.24, 2.45) is 0 Å². The Hall–Kier alpha value is -2.62. The summed E-state index contributed by atoms with van der Waals surface area (Å²) in [4.78, 5) is 26.6. The third-order valence-corrected chi connectivity index (χ3v) is 4.46. The van der Waals surface area contributed by atoms with Gasteiger partial charge in [-0.25, -0.2) is 0 Å². The molecule has 4 heteroatoms. The quantitative estimate of drug-likeness (QED) is 0.879. The van der Waals surface area contributed by atoms with Crippen LogP contribution in [0.15, 0.2) is 54.6 Å². The first-order valence-corrected chi connectivity index (χ1v) is 8.30. The Labute approximate surface area is 142 Å². The average molecular weight is 322 g/mol. The molecular formula is C20H22N2O2. The molecule has 1 N–H and O–H groups in total. The molecule has 0 aromatic heterocycles. The number of fused-ring (bicyclic) bond motifs is 1. The van der Waals surface area contributed by atoms with E-state index in [9.17, 15) is 9.59 Å². The van der Waals surface area contributed by atoms with Gasteiger partial charge < -0.3 is 10.2 Å². The van der Waals surface area contributed by atoms with Crippen LogP contribution in [0.4, 0.5) is 5.69 Å². The second-order valence-electron chi connectivity index (χ2n) is 6.32. The molecule has 0 aliphatic carbocycles. The van der Waals surface area contributed by atoms with Crippen LogP contribution in [0.5, 0.6) is 0 Å². The summed E-state index contributed by atoms with van der Waals surface area (Å²) in [5.41, 5.74) is 3.12. The first-order valence-electron chi connectivity index (χ1n) is 8.30. The highest BCUT2D eigenvalue weighted by molar-refractivity contribution is 6.06. The third kappa shape index (κ3) is 3.32. The molecule has 0 bridgehead atoms. The molecule has 0 radical (unpaired) electrons. The van der Waals surface area contributed by atoms with Gasteiger partial charge in [-0.2, -0.15) is 0 Å². The average Bonchev–Trinajstić information content (AvgIpc) is 2.91. The molecule has 1 aliphatic rings. The zero-order chi connectivity index (χ0) is 17.1. The molecule has 124 valence electrons. The van der Waals surface area contributed by atoms with Crippen molar-refractivity contribution in [2.75, 3.05) is 4.90 Å². The Balaban J connectivity index is 1.64. The molecule has 1 heterocycles. The van der Waals surface area contributed by atoms with E-state index in [4.69, 9.17) is 0 Å². The van der Waals surface area contributed by atoms with Crippen LogP contribution in [0, 0.1) is 0 Å². The van der Waals surface area contributed by atoms with Gasteiger partial charge in [0.25, 0.3) is 0 Å². The van der Waals surface area contributed by atoms with E-state index in [0.29, 0.717) is 0 Å². The van der Waals surface area contributed by atoms with Crippen molar-refractivity contribution in [1.82, 2.24) is 5.32 Å². The fourth-order valence-electron chi connectivity index (χ4n) is 3.29. The van der Waals surface area contributed by atoms with Crippen LogP contribution in [0.25, 0.3) is 0 Å². The molecule has 0 saturated heterocycles. The van der Waals surface area contributed by atoms with Crippen molar-refractivity contribution < 1.29 is 9.59 Å². The van der Waals surface area contributed by atoms with Crippen LogP contribution in [0.3, 0.4) is 0 Å². The van der Waals surface area contributed by atoms with Crippen LogP contribution in [-0.2, 0) is 16.0 Å². The summed E-state index contributed by atoms with van der Waals surface area (Å²) in [5.74, 6) is -0.391. The van der Waals surface area contributed by atoms with Crippen molar-refractivity contribution in [3.63, 3.8) is 0 Å². The van der Waals surface area contributed by atoms with E-state index in [0.717, 1.165) is 23.2 Å². The molecular weight excluding hydrogens is 300 g/mol. The Kier molecular flexibility index (Phi) is 4.65. The zero-order valence-electron chi connectivity index (χ0n) is 14.0. The molecule has 0 spiro atoms. The smallest absolute Gasteiger partial charge is 0.236 e. The van der Waals surface area contributed by atoms with Gasteiger partial charge in [0, 0.05) is 11.7 Å². The van der Waals surface area contributed by atoms with E-state index < -0.39 is 0 Å². The van der Waals surface area contributed by atoms with Gasteiger partial charge in [0.15, 0.2) is 0 Å². The van der Waals surface area contributed by atoms with E-state index in [-0.39, 0.29) is 30.3 Å². The molecule has 2 atom stereocenters. The summed E-state index contributed by atoms with van der Waals surface area (Å²) in [6.45, 7) is 3.94. The maximum absolute atomic E-state index is 12.6. The van der Waals surface area contributed by atoms with Gasteiger partial charge in [-0.1, -0.05) is 48.5 Å². The Morgan fingerprint density at radius 2 is 1.79 bits per heavy atom. The summed E-state index contributed by atoms with van der Waals surface area (Å²) in [7, 11) is 0. The fraction of sp³-hybridized carbons (Fsp3) is 0.300. The molecule has 0 fully saturated rings. The van der Waals surface area contributed by atoms with E-state index in [2.05, 4.69) is 5.32 Å². The van der Waals surface area contributed by atoms with Gasteiger partial charge in [0.2, 0.25) is 11.8 Å². The number of hydrogen-bond donors (Lipinski definition) is 1. The highest BCUT2D eigenvalue weighted by Crippen LogP contribution is 2.32. The minimum absolute atomic E-state index is 0.0919. The molecule has 2 aromatic carbocycles. The second-order valence-corrected chi connectivity index (χ2v) is 6.32. The summed E-state index contributed by atoms with van der Waals surface area (Å²) in [6.07, 6.45) is 0.708. The number of nitrogens with one attached hydrogen (secondary N) is 1. The Bertz CT molecular complexity index is 742. The zero-order valence-corrected chi connectivity index (χ0v) is 14.0. The topological polar surface area (TPSA) is 49.4 Å². The lowest BCUT2D eigenvalue weighted by atomic mass is 10.1. The minimum atomic E-state index is -0.243. The predicted molar refractivity (Wildman–Crippen MR) is 94.7 cm³/mol.